The van der Waals surface area contributed by atoms with Gasteiger partial charge in [-0.05, 0) is 56.9 Å². The second-order valence-corrected chi connectivity index (χ2v) is 11.1. The molecule has 2 N–H and O–H groups in total. The van der Waals surface area contributed by atoms with Crippen LogP contribution in [0, 0.1) is 6.92 Å². The highest BCUT2D eigenvalue weighted by Crippen LogP contribution is 2.36. The minimum Gasteiger partial charge on any atom is -0.375 e. The molecule has 1 aliphatic rings. The first-order valence-corrected chi connectivity index (χ1v) is 13.9. The summed E-state index contributed by atoms with van der Waals surface area (Å²) in [6, 6.07) is 17.8. The SMILES string of the molecule is CCS(=O)(=O)Nc1cccc2c1cc(C)n2-c1nc(NCc2ccccc2)c2c(n1)C(OC)CCC2. The van der Waals surface area contributed by atoms with E-state index in [4.69, 9.17) is 14.7 Å². The molecule has 0 radical (unpaired) electrons. The summed E-state index contributed by atoms with van der Waals surface area (Å²) in [6.45, 7) is 4.25. The molecule has 36 heavy (non-hydrogen) atoms. The molecule has 1 atom stereocenters. The number of nitrogens with one attached hydrogen (secondary N) is 2. The molecule has 2 aromatic heterocycles. The van der Waals surface area contributed by atoms with E-state index in [1.54, 1.807) is 20.1 Å². The molecule has 0 saturated carbocycles. The molecule has 5 rings (SSSR count). The molecule has 0 saturated heterocycles. The largest absolute Gasteiger partial charge is 0.375 e. The highest BCUT2D eigenvalue weighted by atomic mass is 32.2. The minimum absolute atomic E-state index is 0.00581. The summed E-state index contributed by atoms with van der Waals surface area (Å²) in [6.07, 6.45) is 2.72. The third kappa shape index (κ3) is 4.68. The number of fused-ring (bicyclic) bond motifs is 2. The molecule has 1 aliphatic carbocycles. The van der Waals surface area contributed by atoms with Gasteiger partial charge in [0.2, 0.25) is 16.0 Å². The highest BCUT2D eigenvalue weighted by Gasteiger charge is 2.27. The van der Waals surface area contributed by atoms with Crippen LogP contribution in [0.15, 0.2) is 54.6 Å². The maximum Gasteiger partial charge on any atom is 0.236 e. The van der Waals surface area contributed by atoms with E-state index in [1.807, 2.05) is 47.9 Å². The van der Waals surface area contributed by atoms with Gasteiger partial charge in [-0.2, -0.15) is 4.98 Å². The second-order valence-electron chi connectivity index (χ2n) is 9.06. The zero-order chi connectivity index (χ0) is 25.3. The summed E-state index contributed by atoms with van der Waals surface area (Å²) in [5, 5.41) is 4.34. The quantitative estimate of drug-likeness (QED) is 0.345. The van der Waals surface area contributed by atoms with Crippen LogP contribution in [0.1, 0.15) is 48.4 Å². The normalized spacial score (nSPS) is 15.6. The summed E-state index contributed by atoms with van der Waals surface area (Å²) in [5.41, 5.74) is 5.47. The van der Waals surface area contributed by atoms with Gasteiger partial charge in [-0.25, -0.2) is 13.4 Å². The Kier molecular flexibility index (Phi) is 6.68. The average molecular weight is 506 g/mol. The molecule has 0 fully saturated rings. The monoisotopic (exact) mass is 505 g/mol. The molecular weight excluding hydrogens is 474 g/mol. The molecule has 2 aromatic carbocycles. The smallest absolute Gasteiger partial charge is 0.236 e. The number of aromatic nitrogens is 3. The Morgan fingerprint density at radius 3 is 2.67 bits per heavy atom. The second kappa shape index (κ2) is 9.91. The number of sulfonamides is 1. The maximum atomic E-state index is 12.3. The average Bonchev–Trinajstić information content (AvgIpc) is 3.24. The van der Waals surface area contributed by atoms with Crippen LogP contribution in [-0.2, 0) is 27.7 Å². The van der Waals surface area contributed by atoms with E-state index in [1.165, 1.54) is 5.56 Å². The number of hydrogen-bond acceptors (Lipinski definition) is 6. The van der Waals surface area contributed by atoms with Gasteiger partial charge in [0.15, 0.2) is 0 Å². The molecular formula is C27H31N5O3S. The number of benzene rings is 2. The van der Waals surface area contributed by atoms with Crippen LogP contribution >= 0.6 is 0 Å². The zero-order valence-corrected chi connectivity index (χ0v) is 21.6. The molecule has 1 unspecified atom stereocenters. The van der Waals surface area contributed by atoms with Crippen LogP contribution in [0.3, 0.4) is 0 Å². The fourth-order valence-corrected chi connectivity index (χ4v) is 5.47. The fourth-order valence-electron chi connectivity index (χ4n) is 4.82. The summed E-state index contributed by atoms with van der Waals surface area (Å²) >= 11 is 0. The van der Waals surface area contributed by atoms with Crippen molar-refractivity contribution in [3.05, 3.63) is 77.1 Å². The van der Waals surface area contributed by atoms with E-state index in [9.17, 15) is 8.42 Å². The van der Waals surface area contributed by atoms with E-state index in [-0.39, 0.29) is 11.9 Å². The number of rotatable bonds is 8. The highest BCUT2D eigenvalue weighted by molar-refractivity contribution is 7.92. The lowest BCUT2D eigenvalue weighted by atomic mass is 9.93. The van der Waals surface area contributed by atoms with Gasteiger partial charge in [0, 0.05) is 30.3 Å². The fraction of sp³-hybridized carbons (Fsp3) is 0.333. The summed E-state index contributed by atoms with van der Waals surface area (Å²) in [5.74, 6) is 1.35. The zero-order valence-electron chi connectivity index (χ0n) is 20.8. The third-order valence-electron chi connectivity index (χ3n) is 6.69. The van der Waals surface area contributed by atoms with Gasteiger partial charge in [-0.3, -0.25) is 9.29 Å². The predicted octanol–water partition coefficient (Wildman–Crippen LogP) is 5.13. The van der Waals surface area contributed by atoms with E-state index in [2.05, 4.69) is 22.2 Å². The Morgan fingerprint density at radius 2 is 1.92 bits per heavy atom. The lowest BCUT2D eigenvalue weighted by Crippen LogP contribution is -2.20. The van der Waals surface area contributed by atoms with Gasteiger partial charge in [0.25, 0.3) is 0 Å². The summed E-state index contributed by atoms with van der Waals surface area (Å²) < 4.78 is 35.0. The molecule has 188 valence electrons. The van der Waals surface area contributed by atoms with E-state index in [0.29, 0.717) is 18.2 Å². The lowest BCUT2D eigenvalue weighted by Gasteiger charge is -2.26. The lowest BCUT2D eigenvalue weighted by molar-refractivity contribution is 0.0842. The molecule has 4 aromatic rings. The van der Waals surface area contributed by atoms with Crippen molar-refractivity contribution in [2.75, 3.05) is 22.9 Å². The topological polar surface area (TPSA) is 98.1 Å². The van der Waals surface area contributed by atoms with Gasteiger partial charge in [-0.1, -0.05) is 36.4 Å². The molecule has 2 heterocycles. The van der Waals surface area contributed by atoms with E-state index >= 15 is 0 Å². The molecule has 0 aliphatic heterocycles. The van der Waals surface area contributed by atoms with Crippen LogP contribution in [-0.4, -0.2) is 35.8 Å². The van der Waals surface area contributed by atoms with Crippen molar-refractivity contribution in [2.24, 2.45) is 0 Å². The van der Waals surface area contributed by atoms with Crippen LogP contribution < -0.4 is 10.0 Å². The van der Waals surface area contributed by atoms with Crippen LogP contribution in [0.2, 0.25) is 0 Å². The first-order chi connectivity index (χ1) is 17.4. The van der Waals surface area contributed by atoms with Gasteiger partial charge in [-0.15, -0.1) is 0 Å². The number of anilines is 2. The number of nitrogens with zero attached hydrogens (tertiary/aromatic N) is 3. The van der Waals surface area contributed by atoms with Crippen molar-refractivity contribution in [3.8, 4) is 5.95 Å². The first kappa shape index (κ1) is 24.3. The molecule has 0 spiro atoms. The van der Waals surface area contributed by atoms with Gasteiger partial charge < -0.3 is 10.1 Å². The summed E-state index contributed by atoms with van der Waals surface area (Å²) in [4.78, 5) is 9.99. The Balaban J connectivity index is 1.63. The Hall–Kier alpha value is -3.43. The first-order valence-electron chi connectivity index (χ1n) is 12.2. The van der Waals surface area contributed by atoms with Crippen molar-refractivity contribution in [3.63, 3.8) is 0 Å². The van der Waals surface area contributed by atoms with Crippen molar-refractivity contribution in [1.82, 2.24) is 14.5 Å². The molecule has 0 amide bonds. The number of aryl methyl sites for hydroxylation is 1. The molecule has 0 bridgehead atoms. The number of ether oxygens (including phenoxy) is 1. The van der Waals surface area contributed by atoms with E-state index < -0.39 is 10.0 Å². The Bertz CT molecular complexity index is 1500. The maximum absolute atomic E-state index is 12.3. The standard InChI is InChI=1S/C27H31N5O3S/c1-4-36(33,34)31-22-13-9-14-23-21(22)16-18(2)32(23)27-29-25-20(12-8-15-24(25)35-3)26(30-27)28-17-19-10-6-5-7-11-19/h5-7,9-11,13-14,16,24,31H,4,8,12,15,17H2,1-3H3,(H,28,29,30). The molecule has 8 nitrogen and oxygen atoms in total. The van der Waals surface area contributed by atoms with Gasteiger partial charge >= 0.3 is 0 Å². The van der Waals surface area contributed by atoms with Crippen LogP contribution in [0.4, 0.5) is 11.5 Å². The van der Waals surface area contributed by atoms with Crippen LogP contribution in [0.25, 0.3) is 16.9 Å². The van der Waals surface area contributed by atoms with Gasteiger partial charge in [0.1, 0.15) is 5.82 Å². The third-order valence-corrected chi connectivity index (χ3v) is 7.98. The minimum atomic E-state index is -3.41. The predicted molar refractivity (Wildman–Crippen MR) is 143 cm³/mol. The van der Waals surface area contributed by atoms with Crippen LogP contribution in [0.5, 0.6) is 0 Å². The van der Waals surface area contributed by atoms with Crippen molar-refractivity contribution in [1.29, 1.82) is 0 Å². The Morgan fingerprint density at radius 1 is 1.11 bits per heavy atom. The van der Waals surface area contributed by atoms with Crippen molar-refractivity contribution in [2.45, 2.75) is 45.8 Å². The van der Waals surface area contributed by atoms with Gasteiger partial charge in [0.05, 0.1) is 28.8 Å². The Labute approximate surface area is 211 Å². The number of hydrogen-bond donors (Lipinski definition) is 2. The van der Waals surface area contributed by atoms with E-state index in [0.717, 1.165) is 52.9 Å². The number of methoxy groups -OCH3 is 1. The van der Waals surface area contributed by atoms with Crippen molar-refractivity contribution < 1.29 is 13.2 Å². The summed E-state index contributed by atoms with van der Waals surface area (Å²) in [7, 11) is -1.69. The molecule has 9 heteroatoms. The van der Waals surface area contributed by atoms with Crippen molar-refractivity contribution >= 4 is 32.4 Å².